The molecule has 56 heavy (non-hydrogen) atoms. The Morgan fingerprint density at radius 2 is 1.73 bits per heavy atom. The lowest BCUT2D eigenvalue weighted by atomic mass is 9.91. The molecule has 16 heteroatoms. The Hall–Kier alpha value is -5.25. The molecule has 8 rings (SSSR count). The first-order chi connectivity index (χ1) is 26.8. The van der Waals surface area contributed by atoms with Crippen molar-refractivity contribution in [1.29, 1.82) is 0 Å². The average molecular weight is 789 g/mol. The van der Waals surface area contributed by atoms with Crippen LogP contribution in [-0.2, 0) is 31.5 Å². The van der Waals surface area contributed by atoms with Gasteiger partial charge in [-0.3, -0.25) is 28.6 Å². The minimum Gasteiger partial charge on any atom is -0.472 e. The highest BCUT2D eigenvalue weighted by atomic mass is 32.2. The quantitative estimate of drug-likeness (QED) is 0.200. The fourth-order valence-corrected chi connectivity index (χ4v) is 9.51. The number of nitrogens with zero attached hydrogens (tertiary/aromatic N) is 4. The molecule has 3 fully saturated rings. The standard InChI is InChI=1S/C40H42F2N6O7S/c1-47-16-15-31(45-47)36(50)43-32-8-6-4-2-3-5-7-23-20-40(23,39(52)46-56(53,54)27-11-12-27)21-35(49)34-19-26(22-48(34)38(32)51)55-37-29-14-10-24(41)17-30(29)28-13-9-25(42)18-33(28)44-37/h5,7,9-10,13-18,23,26-27,32,34H,2-4,6,8,11-12,19-22H2,1H3,(H,43,50)(H,46,52)/b7-5-/t23-,26-,32+,34+,40-/m1/s1. The maximum Gasteiger partial charge on any atom is 0.272 e. The van der Waals surface area contributed by atoms with Crippen LogP contribution in [0.5, 0.6) is 5.88 Å². The van der Waals surface area contributed by atoms with Crippen LogP contribution < -0.4 is 14.8 Å². The Morgan fingerprint density at radius 3 is 2.48 bits per heavy atom. The van der Waals surface area contributed by atoms with Gasteiger partial charge in [-0.1, -0.05) is 25.0 Å². The number of pyridine rings is 1. The van der Waals surface area contributed by atoms with Crippen molar-refractivity contribution in [2.24, 2.45) is 18.4 Å². The van der Waals surface area contributed by atoms with Crippen molar-refractivity contribution in [2.45, 2.75) is 87.6 Å². The summed E-state index contributed by atoms with van der Waals surface area (Å²) >= 11 is 0. The number of rotatable bonds is 7. The third-order valence-corrected chi connectivity index (χ3v) is 13.3. The number of Topliss-reactive ketones (excluding diaryl/α,β-unsaturated/α-hetero) is 1. The summed E-state index contributed by atoms with van der Waals surface area (Å²) in [6.45, 7) is -0.102. The smallest absolute Gasteiger partial charge is 0.272 e. The lowest BCUT2D eigenvalue weighted by Gasteiger charge is -2.29. The molecule has 4 aromatic rings. The molecule has 0 bridgehead atoms. The summed E-state index contributed by atoms with van der Waals surface area (Å²) in [7, 11) is -2.23. The van der Waals surface area contributed by atoms with Crippen molar-refractivity contribution < 1.29 is 41.1 Å². The summed E-state index contributed by atoms with van der Waals surface area (Å²) in [5.41, 5.74) is -0.981. The number of carbonyl (C=O) groups excluding carboxylic acids is 4. The Labute approximate surface area is 321 Å². The van der Waals surface area contributed by atoms with Gasteiger partial charge >= 0.3 is 0 Å². The van der Waals surface area contributed by atoms with Crippen molar-refractivity contribution in [1.82, 2.24) is 29.7 Å². The number of benzene rings is 2. The number of aryl methyl sites for hydroxylation is 1. The number of amides is 3. The first-order valence-electron chi connectivity index (χ1n) is 19.0. The van der Waals surface area contributed by atoms with E-state index in [0.29, 0.717) is 41.8 Å². The zero-order valence-electron chi connectivity index (χ0n) is 30.7. The van der Waals surface area contributed by atoms with Gasteiger partial charge in [-0.15, -0.1) is 0 Å². The number of hydrogen-bond donors (Lipinski definition) is 2. The molecule has 2 aromatic carbocycles. The predicted octanol–water partition coefficient (Wildman–Crippen LogP) is 4.64. The molecule has 2 aliphatic carbocycles. The van der Waals surface area contributed by atoms with E-state index >= 15 is 0 Å². The van der Waals surface area contributed by atoms with Crippen molar-refractivity contribution >= 4 is 55.2 Å². The molecule has 2 N–H and O–H groups in total. The van der Waals surface area contributed by atoms with Crippen LogP contribution >= 0.6 is 0 Å². The molecule has 2 aliphatic heterocycles. The Bertz CT molecular complexity index is 2400. The van der Waals surface area contributed by atoms with Crippen molar-refractivity contribution in [3.63, 3.8) is 0 Å². The van der Waals surface area contributed by atoms with Crippen LogP contribution in [0.15, 0.2) is 60.8 Å². The van der Waals surface area contributed by atoms with Crippen LogP contribution in [-0.4, -0.2) is 81.6 Å². The highest BCUT2D eigenvalue weighted by molar-refractivity contribution is 7.90. The van der Waals surface area contributed by atoms with Crippen molar-refractivity contribution in [2.75, 3.05) is 6.54 Å². The maximum atomic E-state index is 14.6. The van der Waals surface area contributed by atoms with Crippen molar-refractivity contribution in [3.8, 4) is 5.88 Å². The van der Waals surface area contributed by atoms with E-state index in [4.69, 9.17) is 4.74 Å². The molecule has 4 aliphatic rings. The predicted molar refractivity (Wildman–Crippen MR) is 201 cm³/mol. The van der Waals surface area contributed by atoms with Gasteiger partial charge in [-0.2, -0.15) is 5.10 Å². The molecule has 2 aromatic heterocycles. The van der Waals surface area contributed by atoms with Crippen LogP contribution in [0, 0.1) is 23.0 Å². The second-order valence-corrected chi connectivity index (χ2v) is 17.5. The van der Waals surface area contributed by atoms with Crippen LogP contribution in [0.4, 0.5) is 8.78 Å². The van der Waals surface area contributed by atoms with Crippen LogP contribution in [0.2, 0.25) is 0 Å². The molecular weight excluding hydrogens is 747 g/mol. The van der Waals surface area contributed by atoms with E-state index in [1.54, 1.807) is 13.2 Å². The molecule has 1 saturated heterocycles. The van der Waals surface area contributed by atoms with E-state index in [9.17, 15) is 36.4 Å². The second-order valence-electron chi connectivity index (χ2n) is 15.5. The number of fused-ring (bicyclic) bond motifs is 5. The minimum atomic E-state index is -3.90. The van der Waals surface area contributed by atoms with Crippen LogP contribution in [0.25, 0.3) is 21.7 Å². The summed E-state index contributed by atoms with van der Waals surface area (Å²) < 4.78 is 64.8. The number of halogens is 2. The van der Waals surface area contributed by atoms with Gasteiger partial charge in [0.15, 0.2) is 5.78 Å². The zero-order valence-corrected chi connectivity index (χ0v) is 31.6. The molecule has 0 unspecified atom stereocenters. The van der Waals surface area contributed by atoms with E-state index in [2.05, 4.69) is 20.1 Å². The monoisotopic (exact) mass is 788 g/mol. The molecule has 2 saturated carbocycles. The van der Waals surface area contributed by atoms with E-state index in [-0.39, 0.29) is 55.2 Å². The van der Waals surface area contributed by atoms with Crippen molar-refractivity contribution in [3.05, 3.63) is 78.1 Å². The molecule has 5 atom stereocenters. The van der Waals surface area contributed by atoms with E-state index in [1.165, 1.54) is 52.0 Å². The lowest BCUT2D eigenvalue weighted by Crippen LogP contribution is -2.52. The molecule has 13 nitrogen and oxygen atoms in total. The van der Waals surface area contributed by atoms with Gasteiger partial charge in [0.25, 0.3) is 5.91 Å². The first-order valence-corrected chi connectivity index (χ1v) is 20.6. The number of carbonyl (C=O) groups is 4. The summed E-state index contributed by atoms with van der Waals surface area (Å²) in [6.07, 6.45) is 8.53. The fourth-order valence-electron chi connectivity index (χ4n) is 8.13. The van der Waals surface area contributed by atoms with Gasteiger partial charge in [0, 0.05) is 42.9 Å². The van der Waals surface area contributed by atoms with Gasteiger partial charge in [0.2, 0.25) is 27.7 Å². The SMILES string of the molecule is Cn1ccc(C(=O)N[C@H]2CCCCC/C=C\[C@@H]3C[C@@]3(C(=O)NS(=O)(=O)C3CC3)CC(=O)[C@@H]3C[C@@H](Oc4nc5cc(F)ccc5c5cc(F)ccc45)CN3C2=O)n1. The zero-order chi connectivity index (χ0) is 39.4. The number of hydrogen-bond acceptors (Lipinski definition) is 9. The van der Waals surface area contributed by atoms with Crippen LogP contribution in [0.3, 0.4) is 0 Å². The first kappa shape index (κ1) is 37.7. The fraction of sp³-hybridized carbons (Fsp3) is 0.450. The summed E-state index contributed by atoms with van der Waals surface area (Å²) in [6, 6.07) is 7.43. The van der Waals surface area contributed by atoms with Gasteiger partial charge < -0.3 is 15.0 Å². The number of nitrogens with one attached hydrogen (secondary N) is 2. The molecule has 4 heterocycles. The maximum absolute atomic E-state index is 14.6. The van der Waals surface area contributed by atoms with Gasteiger partial charge in [0.1, 0.15) is 29.5 Å². The molecule has 3 amide bonds. The number of sulfonamides is 1. The largest absolute Gasteiger partial charge is 0.472 e. The molecular formula is C40H42F2N6O7S. The van der Waals surface area contributed by atoms with E-state index in [1.807, 2.05) is 12.2 Å². The van der Waals surface area contributed by atoms with Gasteiger partial charge in [-0.05, 0) is 86.2 Å². The number of ketones is 1. The topological polar surface area (TPSA) is 170 Å². The summed E-state index contributed by atoms with van der Waals surface area (Å²) in [5.74, 6) is -3.64. The van der Waals surface area contributed by atoms with Gasteiger partial charge in [0.05, 0.1) is 28.8 Å². The lowest BCUT2D eigenvalue weighted by molar-refractivity contribution is -0.140. The average Bonchev–Trinajstić information content (AvgIpc) is 4.04. The Balaban J connectivity index is 1.14. The van der Waals surface area contributed by atoms with E-state index in [0.717, 1.165) is 12.8 Å². The minimum absolute atomic E-state index is 0.0182. The molecule has 0 spiro atoms. The van der Waals surface area contributed by atoms with E-state index < -0.39 is 74.0 Å². The summed E-state index contributed by atoms with van der Waals surface area (Å²) in [5, 5.41) is 7.75. The highest BCUT2D eigenvalue weighted by Gasteiger charge is 2.61. The highest BCUT2D eigenvalue weighted by Crippen LogP contribution is 2.57. The number of ether oxygens (including phenoxy) is 1. The second kappa shape index (κ2) is 14.7. The number of allylic oxidation sites excluding steroid dienone is 2. The summed E-state index contributed by atoms with van der Waals surface area (Å²) in [4.78, 5) is 62.3. The Kier molecular flexibility index (Phi) is 9.87. The van der Waals surface area contributed by atoms with Crippen LogP contribution in [0.1, 0.15) is 74.7 Å². The normalized spacial score (nSPS) is 26.5. The third kappa shape index (κ3) is 7.50. The Morgan fingerprint density at radius 1 is 0.964 bits per heavy atom. The molecule has 0 radical (unpaired) electrons. The molecule has 294 valence electrons. The number of aromatic nitrogens is 3. The van der Waals surface area contributed by atoms with Gasteiger partial charge in [-0.25, -0.2) is 22.2 Å². The third-order valence-electron chi connectivity index (χ3n) is 11.4.